The molecule has 0 spiro atoms. The van der Waals surface area contributed by atoms with Crippen LogP contribution in [0.15, 0.2) is 0 Å². The van der Waals surface area contributed by atoms with Gasteiger partial charge in [-0.05, 0) is 12.8 Å². The first-order chi connectivity index (χ1) is 7.99. The van der Waals surface area contributed by atoms with Crippen molar-refractivity contribution in [1.82, 2.24) is 10.2 Å². The number of aldehydes is 1. The van der Waals surface area contributed by atoms with Crippen molar-refractivity contribution in [2.24, 2.45) is 5.92 Å². The van der Waals surface area contributed by atoms with Gasteiger partial charge < -0.3 is 15.0 Å². The second-order valence-electron chi connectivity index (χ2n) is 4.43. The summed E-state index contributed by atoms with van der Waals surface area (Å²) in [5, 5.41) is 2.45. The Labute approximate surface area is 106 Å². The predicted octanol–water partition coefficient (Wildman–Crippen LogP) is 2.68. The maximum absolute atomic E-state index is 10.3. The maximum atomic E-state index is 10.3. The Morgan fingerprint density at radius 3 is 1.76 bits per heavy atom. The lowest BCUT2D eigenvalue weighted by molar-refractivity contribution is -0.106. The third kappa shape index (κ3) is 14.9. The Kier molecular flexibility index (Phi) is 14.0. The van der Waals surface area contributed by atoms with Crippen molar-refractivity contribution in [1.29, 1.82) is 0 Å². The van der Waals surface area contributed by atoms with Crippen molar-refractivity contribution < 1.29 is 9.59 Å². The summed E-state index contributed by atoms with van der Waals surface area (Å²) < 4.78 is 0. The lowest BCUT2D eigenvalue weighted by atomic mass is 9.91. The number of amides is 2. The molecule has 1 aliphatic rings. The van der Waals surface area contributed by atoms with E-state index in [1.54, 1.807) is 21.1 Å². The highest BCUT2D eigenvalue weighted by molar-refractivity contribution is 5.72. The lowest BCUT2D eigenvalue weighted by Gasteiger charge is -2.15. The van der Waals surface area contributed by atoms with Crippen molar-refractivity contribution in [3.05, 3.63) is 0 Å². The molecule has 1 N–H and O–H groups in total. The zero-order chi connectivity index (χ0) is 13.7. The Morgan fingerprint density at radius 2 is 1.65 bits per heavy atom. The summed E-state index contributed by atoms with van der Waals surface area (Å²) in [6, 6.07) is -0.0694. The predicted molar refractivity (Wildman–Crippen MR) is 72.1 cm³/mol. The number of nitrogens with zero attached hydrogens (tertiary/aromatic N) is 1. The van der Waals surface area contributed by atoms with Crippen molar-refractivity contribution in [2.45, 2.75) is 46.0 Å². The fourth-order valence-corrected chi connectivity index (χ4v) is 1.53. The second kappa shape index (κ2) is 13.0. The SMILES string of the molecule is CC1CCCCC1.CC=O.CNC(=O)N(C)C. The van der Waals surface area contributed by atoms with E-state index < -0.39 is 0 Å². The summed E-state index contributed by atoms with van der Waals surface area (Å²) >= 11 is 0. The van der Waals surface area contributed by atoms with Crippen LogP contribution < -0.4 is 5.32 Å². The molecule has 0 saturated heterocycles. The third-order valence-electron chi connectivity index (χ3n) is 2.51. The average Bonchev–Trinajstić information content (AvgIpc) is 2.30. The lowest BCUT2D eigenvalue weighted by Crippen LogP contribution is -2.31. The number of rotatable bonds is 0. The molecule has 0 bridgehead atoms. The van der Waals surface area contributed by atoms with E-state index >= 15 is 0 Å². The van der Waals surface area contributed by atoms with Crippen LogP contribution in [0.2, 0.25) is 0 Å². The van der Waals surface area contributed by atoms with Crippen LogP contribution in [0.3, 0.4) is 0 Å². The standard InChI is InChI=1S/C7H14.C4H10N2O.C2H4O/c1-7-5-3-2-4-6-7;1-5-4(7)6(2)3;1-2-3/h7H,2-6H2,1H3;1-3H3,(H,5,7);2H,1H3. The summed E-state index contributed by atoms with van der Waals surface area (Å²) in [4.78, 5) is 20.6. The molecule has 1 rings (SSSR count). The third-order valence-corrected chi connectivity index (χ3v) is 2.51. The van der Waals surface area contributed by atoms with E-state index in [2.05, 4.69) is 12.2 Å². The van der Waals surface area contributed by atoms with Crippen LogP contribution in [-0.4, -0.2) is 38.4 Å². The fourth-order valence-electron chi connectivity index (χ4n) is 1.53. The van der Waals surface area contributed by atoms with Crippen LogP contribution in [0.4, 0.5) is 4.79 Å². The summed E-state index contributed by atoms with van der Waals surface area (Å²) in [5.74, 6) is 1.04. The quantitative estimate of drug-likeness (QED) is 0.666. The van der Waals surface area contributed by atoms with E-state index in [9.17, 15) is 4.79 Å². The van der Waals surface area contributed by atoms with E-state index in [1.807, 2.05) is 0 Å². The van der Waals surface area contributed by atoms with Crippen LogP contribution >= 0.6 is 0 Å². The molecule has 0 radical (unpaired) electrons. The Bertz CT molecular complexity index is 188. The smallest absolute Gasteiger partial charge is 0.316 e. The van der Waals surface area contributed by atoms with Crippen molar-refractivity contribution >= 4 is 12.3 Å². The normalized spacial score (nSPS) is 14.4. The van der Waals surface area contributed by atoms with Crippen LogP contribution in [0.25, 0.3) is 0 Å². The average molecular weight is 244 g/mol. The largest absolute Gasteiger partial charge is 0.341 e. The number of urea groups is 1. The van der Waals surface area contributed by atoms with E-state index in [4.69, 9.17) is 4.79 Å². The van der Waals surface area contributed by atoms with Crippen LogP contribution in [0, 0.1) is 5.92 Å². The molecule has 2 amide bonds. The summed E-state index contributed by atoms with van der Waals surface area (Å²) in [5.41, 5.74) is 0. The zero-order valence-electron chi connectivity index (χ0n) is 12.0. The first-order valence-corrected chi connectivity index (χ1v) is 6.28. The van der Waals surface area contributed by atoms with Crippen LogP contribution in [-0.2, 0) is 4.79 Å². The van der Waals surface area contributed by atoms with Gasteiger partial charge in [0.15, 0.2) is 0 Å². The molecule has 0 unspecified atom stereocenters. The highest BCUT2D eigenvalue weighted by Crippen LogP contribution is 2.22. The maximum Gasteiger partial charge on any atom is 0.316 e. The Hall–Kier alpha value is -1.06. The fraction of sp³-hybridized carbons (Fsp3) is 0.846. The molecule has 0 heterocycles. The Morgan fingerprint density at radius 1 is 1.24 bits per heavy atom. The highest BCUT2D eigenvalue weighted by atomic mass is 16.2. The van der Waals surface area contributed by atoms with E-state index in [1.165, 1.54) is 43.9 Å². The second-order valence-corrected chi connectivity index (χ2v) is 4.43. The first-order valence-electron chi connectivity index (χ1n) is 6.28. The van der Waals surface area contributed by atoms with Gasteiger partial charge in [-0.1, -0.05) is 39.0 Å². The molecule has 0 aromatic rings. The van der Waals surface area contributed by atoms with E-state index in [0.29, 0.717) is 0 Å². The molecule has 17 heavy (non-hydrogen) atoms. The number of nitrogens with one attached hydrogen (secondary N) is 1. The van der Waals surface area contributed by atoms with Gasteiger partial charge >= 0.3 is 6.03 Å². The minimum absolute atomic E-state index is 0.0694. The molecule has 0 aromatic carbocycles. The van der Waals surface area contributed by atoms with Gasteiger partial charge in [0.25, 0.3) is 0 Å². The van der Waals surface area contributed by atoms with Gasteiger partial charge in [0.1, 0.15) is 6.29 Å². The van der Waals surface area contributed by atoms with Crippen molar-refractivity contribution in [3.8, 4) is 0 Å². The van der Waals surface area contributed by atoms with Gasteiger partial charge in [-0.2, -0.15) is 0 Å². The molecule has 1 saturated carbocycles. The molecule has 0 aliphatic heterocycles. The number of carbonyl (C=O) groups excluding carboxylic acids is 2. The molecule has 4 nitrogen and oxygen atoms in total. The minimum atomic E-state index is -0.0694. The monoisotopic (exact) mass is 244 g/mol. The van der Waals surface area contributed by atoms with Gasteiger partial charge in [-0.3, -0.25) is 0 Å². The van der Waals surface area contributed by atoms with Gasteiger partial charge in [-0.25, -0.2) is 4.79 Å². The summed E-state index contributed by atoms with van der Waals surface area (Å²) in [7, 11) is 4.99. The zero-order valence-corrected chi connectivity index (χ0v) is 12.0. The van der Waals surface area contributed by atoms with Crippen LogP contribution in [0.1, 0.15) is 46.0 Å². The van der Waals surface area contributed by atoms with E-state index in [-0.39, 0.29) is 6.03 Å². The van der Waals surface area contributed by atoms with Gasteiger partial charge in [0.2, 0.25) is 0 Å². The summed E-state index contributed by atoms with van der Waals surface area (Å²) in [6.07, 6.45) is 8.19. The van der Waals surface area contributed by atoms with Gasteiger partial charge in [0, 0.05) is 21.1 Å². The minimum Gasteiger partial charge on any atom is -0.341 e. The molecule has 0 aromatic heterocycles. The Balaban J connectivity index is 0. The number of carbonyl (C=O) groups is 2. The van der Waals surface area contributed by atoms with Crippen molar-refractivity contribution in [3.63, 3.8) is 0 Å². The molecule has 1 aliphatic carbocycles. The molecular formula is C13H28N2O2. The summed E-state index contributed by atoms with van der Waals surface area (Å²) in [6.45, 7) is 3.80. The topological polar surface area (TPSA) is 49.4 Å². The molecule has 1 fully saturated rings. The van der Waals surface area contributed by atoms with Crippen LogP contribution in [0.5, 0.6) is 0 Å². The van der Waals surface area contributed by atoms with Gasteiger partial charge in [-0.15, -0.1) is 0 Å². The molecule has 0 atom stereocenters. The molecule has 102 valence electrons. The van der Waals surface area contributed by atoms with E-state index in [0.717, 1.165) is 12.2 Å². The van der Waals surface area contributed by atoms with Gasteiger partial charge in [0.05, 0.1) is 0 Å². The highest BCUT2D eigenvalue weighted by Gasteiger charge is 2.05. The number of hydrogen-bond acceptors (Lipinski definition) is 2. The molecular weight excluding hydrogens is 216 g/mol. The van der Waals surface area contributed by atoms with Crippen molar-refractivity contribution in [2.75, 3.05) is 21.1 Å². The number of hydrogen-bond donors (Lipinski definition) is 1. The first kappa shape index (κ1) is 18.3. The molecule has 4 heteroatoms.